The molecule has 1 N–H and O–H groups in total. The number of hydrogen-bond donors (Lipinski definition) is 1. The van der Waals surface area contributed by atoms with Gasteiger partial charge < -0.3 is 10.1 Å². The van der Waals surface area contributed by atoms with Crippen LogP contribution in [0.3, 0.4) is 0 Å². The van der Waals surface area contributed by atoms with Crippen molar-refractivity contribution in [2.24, 2.45) is 5.92 Å². The minimum absolute atomic E-state index is 0.706. The van der Waals surface area contributed by atoms with Gasteiger partial charge in [0.05, 0.1) is 7.11 Å². The molecule has 0 saturated heterocycles. The maximum atomic E-state index is 5.18. The van der Waals surface area contributed by atoms with Gasteiger partial charge in [0.15, 0.2) is 11.6 Å². The number of anilines is 1. The summed E-state index contributed by atoms with van der Waals surface area (Å²) in [6.07, 6.45) is 2.90. The summed E-state index contributed by atoms with van der Waals surface area (Å²) in [7, 11) is 1.66. The van der Waals surface area contributed by atoms with Crippen molar-refractivity contribution < 1.29 is 4.74 Å². The number of rotatable bonds is 5. The highest BCUT2D eigenvalue weighted by Gasteiger charge is 2.01. The number of aromatic nitrogens is 1. The minimum Gasteiger partial charge on any atom is -0.493 e. The Hall–Kier alpha value is -1.25. The molecule has 78 valence electrons. The molecule has 3 heteroatoms. The van der Waals surface area contributed by atoms with E-state index in [9.17, 15) is 0 Å². The topological polar surface area (TPSA) is 34.1 Å². The SMILES string of the molecule is COc1cccnc1NCCC(C)C. The quantitative estimate of drug-likeness (QED) is 0.782. The van der Waals surface area contributed by atoms with E-state index in [0.29, 0.717) is 5.92 Å². The molecular weight excluding hydrogens is 176 g/mol. The monoisotopic (exact) mass is 194 g/mol. The molecule has 0 radical (unpaired) electrons. The van der Waals surface area contributed by atoms with Crippen LogP contribution in [-0.4, -0.2) is 18.6 Å². The van der Waals surface area contributed by atoms with Crippen molar-refractivity contribution in [3.63, 3.8) is 0 Å². The smallest absolute Gasteiger partial charge is 0.168 e. The number of pyridine rings is 1. The maximum Gasteiger partial charge on any atom is 0.168 e. The van der Waals surface area contributed by atoms with E-state index >= 15 is 0 Å². The van der Waals surface area contributed by atoms with Crippen LogP contribution in [0.5, 0.6) is 5.75 Å². The first-order chi connectivity index (χ1) is 6.74. The predicted molar refractivity (Wildman–Crippen MR) is 58.7 cm³/mol. The van der Waals surface area contributed by atoms with Gasteiger partial charge in [-0.05, 0) is 24.5 Å². The summed E-state index contributed by atoms with van der Waals surface area (Å²) in [5, 5.41) is 3.26. The van der Waals surface area contributed by atoms with E-state index in [1.807, 2.05) is 12.1 Å². The Labute approximate surface area is 85.5 Å². The van der Waals surface area contributed by atoms with Crippen LogP contribution in [0.2, 0.25) is 0 Å². The van der Waals surface area contributed by atoms with Crippen LogP contribution >= 0.6 is 0 Å². The van der Waals surface area contributed by atoms with Crippen LogP contribution in [0, 0.1) is 5.92 Å². The van der Waals surface area contributed by atoms with Gasteiger partial charge in [0.2, 0.25) is 0 Å². The first kappa shape index (κ1) is 10.8. The number of ether oxygens (including phenoxy) is 1. The summed E-state index contributed by atoms with van der Waals surface area (Å²) in [6, 6.07) is 3.77. The zero-order valence-corrected chi connectivity index (χ0v) is 9.08. The molecule has 1 rings (SSSR count). The Morgan fingerprint density at radius 1 is 1.50 bits per heavy atom. The lowest BCUT2D eigenvalue weighted by molar-refractivity contribution is 0.414. The van der Waals surface area contributed by atoms with E-state index in [1.54, 1.807) is 13.3 Å². The van der Waals surface area contributed by atoms with Gasteiger partial charge in [-0.15, -0.1) is 0 Å². The van der Waals surface area contributed by atoms with Gasteiger partial charge in [0, 0.05) is 12.7 Å². The average molecular weight is 194 g/mol. The standard InChI is InChI=1S/C11H18N2O/c1-9(2)6-8-13-11-10(14-3)5-4-7-12-11/h4-5,7,9H,6,8H2,1-3H3,(H,12,13). The molecule has 0 amide bonds. The molecule has 0 spiro atoms. The van der Waals surface area contributed by atoms with Gasteiger partial charge in [-0.1, -0.05) is 13.8 Å². The van der Waals surface area contributed by atoms with Crippen molar-refractivity contribution >= 4 is 5.82 Å². The molecule has 0 unspecified atom stereocenters. The van der Waals surface area contributed by atoms with E-state index in [1.165, 1.54) is 0 Å². The second kappa shape index (κ2) is 5.47. The van der Waals surface area contributed by atoms with E-state index in [0.717, 1.165) is 24.5 Å². The van der Waals surface area contributed by atoms with Gasteiger partial charge >= 0.3 is 0 Å². The molecule has 0 aromatic carbocycles. The normalized spacial score (nSPS) is 10.3. The van der Waals surface area contributed by atoms with Crippen molar-refractivity contribution in [2.45, 2.75) is 20.3 Å². The van der Waals surface area contributed by atoms with Crippen LogP contribution in [-0.2, 0) is 0 Å². The molecule has 0 atom stereocenters. The molecule has 1 aromatic heterocycles. The molecule has 0 saturated carbocycles. The van der Waals surface area contributed by atoms with Crippen LogP contribution in [0.25, 0.3) is 0 Å². The fourth-order valence-electron chi connectivity index (χ4n) is 1.17. The average Bonchev–Trinajstić information content (AvgIpc) is 2.18. The Morgan fingerprint density at radius 3 is 2.93 bits per heavy atom. The number of hydrogen-bond acceptors (Lipinski definition) is 3. The molecule has 0 aliphatic carbocycles. The van der Waals surface area contributed by atoms with Crippen LogP contribution < -0.4 is 10.1 Å². The first-order valence-corrected chi connectivity index (χ1v) is 4.97. The van der Waals surface area contributed by atoms with Crippen molar-refractivity contribution in [1.82, 2.24) is 4.98 Å². The third kappa shape index (κ3) is 3.24. The highest BCUT2D eigenvalue weighted by Crippen LogP contribution is 2.19. The number of nitrogens with zero attached hydrogens (tertiary/aromatic N) is 1. The Morgan fingerprint density at radius 2 is 2.29 bits per heavy atom. The largest absolute Gasteiger partial charge is 0.493 e. The summed E-state index contributed by atoms with van der Waals surface area (Å²) in [4.78, 5) is 4.21. The predicted octanol–water partition coefficient (Wildman–Crippen LogP) is 2.55. The molecule has 3 nitrogen and oxygen atoms in total. The lowest BCUT2D eigenvalue weighted by Crippen LogP contribution is -2.07. The summed E-state index contributed by atoms with van der Waals surface area (Å²) in [5.41, 5.74) is 0. The fourth-order valence-corrected chi connectivity index (χ4v) is 1.17. The van der Waals surface area contributed by atoms with Crippen molar-refractivity contribution in [3.8, 4) is 5.75 Å². The number of methoxy groups -OCH3 is 1. The van der Waals surface area contributed by atoms with Gasteiger partial charge in [-0.2, -0.15) is 0 Å². The molecule has 0 fully saturated rings. The van der Waals surface area contributed by atoms with E-state index in [2.05, 4.69) is 24.1 Å². The second-order valence-corrected chi connectivity index (χ2v) is 3.66. The molecule has 1 aromatic rings. The van der Waals surface area contributed by atoms with E-state index in [-0.39, 0.29) is 0 Å². The lowest BCUT2D eigenvalue weighted by atomic mass is 10.1. The molecule has 0 bridgehead atoms. The van der Waals surface area contributed by atoms with E-state index in [4.69, 9.17) is 4.74 Å². The summed E-state index contributed by atoms with van der Waals surface area (Å²) >= 11 is 0. The molecular formula is C11H18N2O. The van der Waals surface area contributed by atoms with Crippen molar-refractivity contribution in [1.29, 1.82) is 0 Å². The third-order valence-corrected chi connectivity index (χ3v) is 2.00. The van der Waals surface area contributed by atoms with Gasteiger partial charge in [-0.25, -0.2) is 4.98 Å². The highest BCUT2D eigenvalue weighted by atomic mass is 16.5. The fraction of sp³-hybridized carbons (Fsp3) is 0.545. The third-order valence-electron chi connectivity index (χ3n) is 2.00. The summed E-state index contributed by atoms with van der Waals surface area (Å²) in [6.45, 7) is 5.35. The zero-order chi connectivity index (χ0) is 10.4. The summed E-state index contributed by atoms with van der Waals surface area (Å²) < 4.78 is 5.18. The highest BCUT2D eigenvalue weighted by molar-refractivity contribution is 5.49. The molecule has 0 aliphatic rings. The van der Waals surface area contributed by atoms with Crippen LogP contribution in [0.4, 0.5) is 5.82 Å². The Kier molecular flexibility index (Phi) is 4.23. The second-order valence-electron chi connectivity index (χ2n) is 3.66. The minimum atomic E-state index is 0.706. The molecule has 14 heavy (non-hydrogen) atoms. The Bertz CT molecular complexity index is 274. The summed E-state index contributed by atoms with van der Waals surface area (Å²) in [5.74, 6) is 2.34. The molecule has 0 aliphatic heterocycles. The van der Waals surface area contributed by atoms with Crippen LogP contribution in [0.1, 0.15) is 20.3 Å². The van der Waals surface area contributed by atoms with Gasteiger partial charge in [0.25, 0.3) is 0 Å². The zero-order valence-electron chi connectivity index (χ0n) is 9.08. The lowest BCUT2D eigenvalue weighted by Gasteiger charge is -2.10. The van der Waals surface area contributed by atoms with Crippen molar-refractivity contribution in [3.05, 3.63) is 18.3 Å². The first-order valence-electron chi connectivity index (χ1n) is 4.97. The van der Waals surface area contributed by atoms with E-state index < -0.39 is 0 Å². The molecule has 1 heterocycles. The van der Waals surface area contributed by atoms with Gasteiger partial charge in [0.1, 0.15) is 0 Å². The van der Waals surface area contributed by atoms with Crippen LogP contribution in [0.15, 0.2) is 18.3 Å². The van der Waals surface area contributed by atoms with Gasteiger partial charge in [-0.3, -0.25) is 0 Å². The van der Waals surface area contributed by atoms with Crippen molar-refractivity contribution in [2.75, 3.05) is 19.0 Å². The number of nitrogens with one attached hydrogen (secondary N) is 1. The Balaban J connectivity index is 2.49. The maximum absolute atomic E-state index is 5.18.